The Labute approximate surface area is 119 Å². The minimum Gasteiger partial charge on any atom is -0.399 e. The normalized spacial score (nSPS) is 10.9. The van der Waals surface area contributed by atoms with E-state index in [-0.39, 0.29) is 6.61 Å². The number of hydrazine groups is 1. The Balaban J connectivity index is 2.27. The van der Waals surface area contributed by atoms with Crippen LogP contribution in [0.2, 0.25) is 0 Å². The van der Waals surface area contributed by atoms with Gasteiger partial charge in [-0.15, -0.1) is 11.3 Å². The van der Waals surface area contributed by atoms with Crippen molar-refractivity contribution in [3.8, 4) is 10.4 Å². The third kappa shape index (κ3) is 1.97. The van der Waals surface area contributed by atoms with Crippen molar-refractivity contribution in [3.63, 3.8) is 0 Å². The van der Waals surface area contributed by atoms with Gasteiger partial charge in [0.05, 0.1) is 16.8 Å². The first kappa shape index (κ1) is 12.8. The number of anilines is 2. The number of rotatable bonds is 3. The number of nitrogens with one attached hydrogen (secondary N) is 1. The standard InChI is InChI=1S/C13H13N5OS/c14-8-3-1-7(2-4-8)11-9(5-19)10-12(20-11)13(18-15)17-6-16-10/h1-4,6,19H,5,14-15H2,(H,16,17,18). The molecule has 102 valence electrons. The Kier molecular flexibility index (Phi) is 3.23. The van der Waals surface area contributed by atoms with E-state index in [1.807, 2.05) is 24.3 Å². The molecule has 0 aliphatic heterocycles. The zero-order valence-corrected chi connectivity index (χ0v) is 11.3. The zero-order valence-electron chi connectivity index (χ0n) is 10.5. The molecule has 0 saturated heterocycles. The summed E-state index contributed by atoms with van der Waals surface area (Å²) in [6.07, 6.45) is 1.43. The molecule has 0 saturated carbocycles. The van der Waals surface area contributed by atoms with Gasteiger partial charge in [-0.3, -0.25) is 0 Å². The molecule has 0 radical (unpaired) electrons. The number of aromatic nitrogens is 2. The predicted molar refractivity (Wildman–Crippen MR) is 81.0 cm³/mol. The van der Waals surface area contributed by atoms with Gasteiger partial charge in [-0.05, 0) is 17.7 Å². The third-order valence-electron chi connectivity index (χ3n) is 3.04. The van der Waals surface area contributed by atoms with Crippen molar-refractivity contribution in [2.24, 2.45) is 5.84 Å². The van der Waals surface area contributed by atoms with E-state index in [4.69, 9.17) is 11.6 Å². The minimum absolute atomic E-state index is 0.0965. The predicted octanol–water partition coefficient (Wildman–Crippen LogP) is 1.72. The fraction of sp³-hybridized carbons (Fsp3) is 0.0769. The van der Waals surface area contributed by atoms with Crippen LogP contribution >= 0.6 is 11.3 Å². The number of nitrogen functional groups attached to an aromatic ring is 2. The van der Waals surface area contributed by atoms with E-state index < -0.39 is 0 Å². The molecule has 0 bridgehead atoms. The highest BCUT2D eigenvalue weighted by Gasteiger charge is 2.17. The smallest absolute Gasteiger partial charge is 0.161 e. The van der Waals surface area contributed by atoms with E-state index in [9.17, 15) is 5.11 Å². The number of thiophene rings is 1. The first-order chi connectivity index (χ1) is 9.74. The molecule has 2 aromatic heterocycles. The van der Waals surface area contributed by atoms with Crippen LogP contribution in [0.3, 0.4) is 0 Å². The van der Waals surface area contributed by atoms with Crippen LogP contribution in [0.15, 0.2) is 30.6 Å². The molecule has 0 aliphatic carbocycles. The number of fused-ring (bicyclic) bond motifs is 1. The van der Waals surface area contributed by atoms with Crippen molar-refractivity contribution >= 4 is 33.1 Å². The molecule has 0 unspecified atom stereocenters. The average molecular weight is 287 g/mol. The average Bonchev–Trinajstić information content (AvgIpc) is 2.86. The lowest BCUT2D eigenvalue weighted by Gasteiger charge is -2.02. The number of hydrogen-bond donors (Lipinski definition) is 4. The van der Waals surface area contributed by atoms with Crippen molar-refractivity contribution in [3.05, 3.63) is 36.2 Å². The second-order valence-electron chi connectivity index (χ2n) is 4.23. The molecule has 0 atom stereocenters. The molecule has 0 amide bonds. The summed E-state index contributed by atoms with van der Waals surface area (Å²) in [6, 6.07) is 7.49. The molecular weight excluding hydrogens is 274 g/mol. The first-order valence-corrected chi connectivity index (χ1v) is 6.76. The van der Waals surface area contributed by atoms with Crippen LogP contribution in [0.5, 0.6) is 0 Å². The van der Waals surface area contributed by atoms with Gasteiger partial charge in [0.1, 0.15) is 6.33 Å². The summed E-state index contributed by atoms with van der Waals surface area (Å²) in [4.78, 5) is 9.27. The highest BCUT2D eigenvalue weighted by Crippen LogP contribution is 2.40. The molecule has 0 aliphatic rings. The molecule has 6 N–H and O–H groups in total. The number of aliphatic hydroxyl groups is 1. The maximum absolute atomic E-state index is 9.65. The molecule has 6 nitrogen and oxygen atoms in total. The topological polar surface area (TPSA) is 110 Å². The van der Waals surface area contributed by atoms with Gasteiger partial charge in [0.15, 0.2) is 5.82 Å². The Morgan fingerprint density at radius 2 is 1.95 bits per heavy atom. The quantitative estimate of drug-likeness (QED) is 0.332. The van der Waals surface area contributed by atoms with E-state index in [0.717, 1.165) is 20.7 Å². The zero-order chi connectivity index (χ0) is 14.1. The maximum Gasteiger partial charge on any atom is 0.161 e. The highest BCUT2D eigenvalue weighted by molar-refractivity contribution is 7.23. The molecule has 2 heterocycles. The Morgan fingerprint density at radius 1 is 1.20 bits per heavy atom. The summed E-state index contributed by atoms with van der Waals surface area (Å²) in [6.45, 7) is -0.0965. The van der Waals surface area contributed by atoms with E-state index in [1.54, 1.807) is 0 Å². The van der Waals surface area contributed by atoms with Gasteiger partial charge >= 0.3 is 0 Å². The van der Waals surface area contributed by atoms with E-state index in [1.165, 1.54) is 17.7 Å². The van der Waals surface area contributed by atoms with Crippen molar-refractivity contribution in [1.82, 2.24) is 9.97 Å². The number of aliphatic hydroxyl groups excluding tert-OH is 1. The summed E-state index contributed by atoms with van der Waals surface area (Å²) < 4.78 is 0.825. The van der Waals surface area contributed by atoms with Gasteiger partial charge in [-0.1, -0.05) is 12.1 Å². The van der Waals surface area contributed by atoms with Crippen LogP contribution in [-0.4, -0.2) is 15.1 Å². The fourth-order valence-electron chi connectivity index (χ4n) is 2.07. The highest BCUT2D eigenvalue weighted by atomic mass is 32.1. The summed E-state index contributed by atoms with van der Waals surface area (Å²) in [7, 11) is 0. The van der Waals surface area contributed by atoms with Crippen LogP contribution in [0.1, 0.15) is 5.56 Å². The molecule has 7 heteroatoms. The second kappa shape index (κ2) is 5.04. The molecule has 0 spiro atoms. The Morgan fingerprint density at radius 3 is 2.60 bits per heavy atom. The van der Waals surface area contributed by atoms with Crippen LogP contribution in [0, 0.1) is 0 Å². The number of benzene rings is 1. The van der Waals surface area contributed by atoms with Crippen molar-refractivity contribution in [2.75, 3.05) is 11.2 Å². The molecular formula is C13H13N5OS. The van der Waals surface area contributed by atoms with Crippen molar-refractivity contribution < 1.29 is 5.11 Å². The minimum atomic E-state index is -0.0965. The Hall–Kier alpha value is -2.22. The first-order valence-electron chi connectivity index (χ1n) is 5.94. The van der Waals surface area contributed by atoms with E-state index in [2.05, 4.69) is 15.4 Å². The largest absolute Gasteiger partial charge is 0.399 e. The van der Waals surface area contributed by atoms with Gasteiger partial charge in [0, 0.05) is 16.1 Å². The maximum atomic E-state index is 9.65. The van der Waals surface area contributed by atoms with Crippen LogP contribution in [0.4, 0.5) is 11.5 Å². The second-order valence-corrected chi connectivity index (χ2v) is 5.25. The van der Waals surface area contributed by atoms with Crippen LogP contribution in [0.25, 0.3) is 20.7 Å². The fourth-order valence-corrected chi connectivity index (χ4v) is 3.30. The summed E-state index contributed by atoms with van der Waals surface area (Å²) >= 11 is 1.49. The van der Waals surface area contributed by atoms with Gasteiger partial charge < -0.3 is 16.3 Å². The summed E-state index contributed by atoms with van der Waals surface area (Å²) in [5.74, 6) is 6.01. The number of hydrogen-bond acceptors (Lipinski definition) is 7. The molecule has 3 rings (SSSR count). The van der Waals surface area contributed by atoms with Crippen molar-refractivity contribution in [1.29, 1.82) is 0 Å². The van der Waals surface area contributed by atoms with Gasteiger partial charge in [0.2, 0.25) is 0 Å². The van der Waals surface area contributed by atoms with Gasteiger partial charge in [-0.2, -0.15) is 0 Å². The van der Waals surface area contributed by atoms with Gasteiger partial charge in [-0.25, -0.2) is 15.8 Å². The summed E-state index contributed by atoms with van der Waals surface area (Å²) in [5, 5.41) is 9.65. The van der Waals surface area contributed by atoms with E-state index >= 15 is 0 Å². The lowest BCUT2D eigenvalue weighted by Crippen LogP contribution is -2.08. The van der Waals surface area contributed by atoms with Crippen molar-refractivity contribution in [2.45, 2.75) is 6.61 Å². The number of nitrogens with two attached hydrogens (primary N) is 2. The van der Waals surface area contributed by atoms with E-state index in [0.29, 0.717) is 17.0 Å². The lowest BCUT2D eigenvalue weighted by atomic mass is 10.1. The SMILES string of the molecule is NNc1ncnc2c(CO)c(-c3ccc(N)cc3)sc12. The molecule has 20 heavy (non-hydrogen) atoms. The van der Waals surface area contributed by atoms with Crippen LogP contribution < -0.4 is 17.0 Å². The third-order valence-corrected chi connectivity index (χ3v) is 4.31. The van der Waals surface area contributed by atoms with Crippen LogP contribution in [-0.2, 0) is 6.61 Å². The summed E-state index contributed by atoms with van der Waals surface area (Å²) in [5.41, 5.74) is 11.4. The van der Waals surface area contributed by atoms with Gasteiger partial charge in [0.25, 0.3) is 0 Å². The Bertz CT molecular complexity index is 753. The lowest BCUT2D eigenvalue weighted by molar-refractivity contribution is 0.284. The number of nitrogens with zero attached hydrogens (tertiary/aromatic N) is 2. The monoisotopic (exact) mass is 287 g/mol. The molecule has 1 aromatic carbocycles. The molecule has 0 fully saturated rings. The molecule has 3 aromatic rings.